The molecule has 1 aromatic heterocycles. The molecule has 0 bridgehead atoms. The zero-order chi connectivity index (χ0) is 12.8. The molecule has 1 N–H and O–H groups in total. The SMILES string of the molecule is C=CCCC(NCC)c1cc2c(s1)CCCCC2. The van der Waals surface area contributed by atoms with Gasteiger partial charge in [0.1, 0.15) is 0 Å². The molecular weight excluding hydrogens is 238 g/mol. The van der Waals surface area contributed by atoms with Gasteiger partial charge in [-0.05, 0) is 56.7 Å². The van der Waals surface area contributed by atoms with E-state index in [2.05, 4.69) is 36.2 Å². The van der Waals surface area contributed by atoms with Crippen molar-refractivity contribution in [2.24, 2.45) is 0 Å². The molecule has 1 unspecified atom stereocenters. The fourth-order valence-corrected chi connectivity index (χ4v) is 4.11. The summed E-state index contributed by atoms with van der Waals surface area (Å²) in [6.45, 7) is 7.08. The quantitative estimate of drug-likeness (QED) is 0.582. The van der Waals surface area contributed by atoms with E-state index in [4.69, 9.17) is 0 Å². The maximum Gasteiger partial charge on any atom is 0.0417 e. The normalized spacial score (nSPS) is 16.9. The molecule has 0 spiro atoms. The summed E-state index contributed by atoms with van der Waals surface area (Å²) in [4.78, 5) is 3.20. The zero-order valence-corrected chi connectivity index (χ0v) is 12.3. The van der Waals surface area contributed by atoms with Crippen molar-refractivity contribution in [3.05, 3.63) is 34.0 Å². The maximum atomic E-state index is 3.84. The van der Waals surface area contributed by atoms with E-state index < -0.39 is 0 Å². The third-order valence-electron chi connectivity index (χ3n) is 3.72. The topological polar surface area (TPSA) is 12.0 Å². The minimum Gasteiger partial charge on any atom is -0.310 e. The van der Waals surface area contributed by atoms with Gasteiger partial charge in [0.2, 0.25) is 0 Å². The summed E-state index contributed by atoms with van der Waals surface area (Å²) in [5, 5.41) is 3.62. The van der Waals surface area contributed by atoms with Gasteiger partial charge in [0, 0.05) is 15.8 Å². The standard InChI is InChI=1S/C16H25NS/c1-3-5-10-14(17-4-2)16-12-13-9-7-6-8-11-15(13)18-16/h3,12,14,17H,1,4-11H2,2H3. The molecule has 1 aliphatic carbocycles. The van der Waals surface area contributed by atoms with Crippen LogP contribution in [0.4, 0.5) is 0 Å². The van der Waals surface area contributed by atoms with Crippen LogP contribution in [0.3, 0.4) is 0 Å². The van der Waals surface area contributed by atoms with Gasteiger partial charge < -0.3 is 5.32 Å². The molecule has 0 fully saturated rings. The minimum atomic E-state index is 0.532. The number of aryl methyl sites for hydroxylation is 2. The molecule has 0 radical (unpaired) electrons. The van der Waals surface area contributed by atoms with Crippen molar-refractivity contribution in [2.75, 3.05) is 6.54 Å². The Morgan fingerprint density at radius 3 is 3.00 bits per heavy atom. The van der Waals surface area contributed by atoms with Crippen LogP contribution in [0.1, 0.15) is 60.4 Å². The van der Waals surface area contributed by atoms with E-state index >= 15 is 0 Å². The first-order chi connectivity index (χ1) is 8.85. The van der Waals surface area contributed by atoms with Gasteiger partial charge in [-0.25, -0.2) is 0 Å². The molecule has 2 heteroatoms. The van der Waals surface area contributed by atoms with E-state index in [0.29, 0.717) is 6.04 Å². The summed E-state index contributed by atoms with van der Waals surface area (Å²) in [5.41, 5.74) is 1.63. The highest BCUT2D eigenvalue weighted by Gasteiger charge is 2.17. The summed E-state index contributed by atoms with van der Waals surface area (Å²) in [6, 6.07) is 3.01. The van der Waals surface area contributed by atoms with Gasteiger partial charge in [0.25, 0.3) is 0 Å². The van der Waals surface area contributed by atoms with E-state index in [1.54, 1.807) is 15.3 Å². The second-order valence-corrected chi connectivity index (χ2v) is 6.30. The third kappa shape index (κ3) is 3.46. The molecule has 2 rings (SSSR count). The smallest absolute Gasteiger partial charge is 0.0417 e. The highest BCUT2D eigenvalue weighted by Crippen LogP contribution is 2.33. The van der Waals surface area contributed by atoms with Gasteiger partial charge in [-0.1, -0.05) is 19.4 Å². The largest absolute Gasteiger partial charge is 0.310 e. The first-order valence-electron chi connectivity index (χ1n) is 7.31. The highest BCUT2D eigenvalue weighted by atomic mass is 32.1. The average molecular weight is 263 g/mol. The van der Waals surface area contributed by atoms with Crippen LogP contribution in [0.5, 0.6) is 0 Å². The van der Waals surface area contributed by atoms with Crippen molar-refractivity contribution in [1.29, 1.82) is 0 Å². The Hall–Kier alpha value is -0.600. The Balaban J connectivity index is 2.11. The van der Waals surface area contributed by atoms with Gasteiger partial charge in [0.15, 0.2) is 0 Å². The molecule has 0 saturated carbocycles. The fraction of sp³-hybridized carbons (Fsp3) is 0.625. The van der Waals surface area contributed by atoms with Crippen molar-refractivity contribution < 1.29 is 0 Å². The summed E-state index contributed by atoms with van der Waals surface area (Å²) < 4.78 is 0. The van der Waals surface area contributed by atoms with Crippen LogP contribution in [0, 0.1) is 0 Å². The zero-order valence-electron chi connectivity index (χ0n) is 11.5. The fourth-order valence-electron chi connectivity index (χ4n) is 2.74. The first-order valence-corrected chi connectivity index (χ1v) is 8.12. The second-order valence-electron chi connectivity index (χ2n) is 5.13. The predicted molar refractivity (Wildman–Crippen MR) is 81.4 cm³/mol. The van der Waals surface area contributed by atoms with Gasteiger partial charge in [-0.15, -0.1) is 17.9 Å². The average Bonchev–Trinajstić information content (AvgIpc) is 2.66. The molecule has 1 aliphatic rings. The predicted octanol–water partition coefficient (Wildman–Crippen LogP) is 4.63. The summed E-state index contributed by atoms with van der Waals surface area (Å²) in [6.07, 6.45) is 11.1. The van der Waals surface area contributed by atoms with Crippen LogP contribution in [0.15, 0.2) is 18.7 Å². The lowest BCUT2D eigenvalue weighted by atomic mass is 10.1. The van der Waals surface area contributed by atoms with Crippen LogP contribution >= 0.6 is 11.3 Å². The number of thiophene rings is 1. The van der Waals surface area contributed by atoms with E-state index in [9.17, 15) is 0 Å². The molecule has 0 aliphatic heterocycles. The van der Waals surface area contributed by atoms with Crippen LogP contribution in [-0.2, 0) is 12.8 Å². The van der Waals surface area contributed by atoms with Crippen LogP contribution < -0.4 is 5.32 Å². The molecule has 1 nitrogen and oxygen atoms in total. The number of allylic oxidation sites excluding steroid dienone is 1. The molecule has 100 valence electrons. The van der Waals surface area contributed by atoms with Crippen molar-refractivity contribution in [1.82, 2.24) is 5.32 Å². The van der Waals surface area contributed by atoms with Crippen LogP contribution in [-0.4, -0.2) is 6.54 Å². The molecule has 1 heterocycles. The van der Waals surface area contributed by atoms with E-state index in [-0.39, 0.29) is 0 Å². The Kier molecular flexibility index (Phi) is 5.45. The third-order valence-corrected chi connectivity index (χ3v) is 5.07. The number of hydrogen-bond acceptors (Lipinski definition) is 2. The Morgan fingerprint density at radius 2 is 2.22 bits per heavy atom. The van der Waals surface area contributed by atoms with E-state index in [0.717, 1.165) is 13.0 Å². The van der Waals surface area contributed by atoms with E-state index in [1.165, 1.54) is 38.5 Å². The molecule has 0 aromatic carbocycles. The van der Waals surface area contributed by atoms with Gasteiger partial charge in [-0.2, -0.15) is 0 Å². The van der Waals surface area contributed by atoms with Gasteiger partial charge >= 0.3 is 0 Å². The lowest BCUT2D eigenvalue weighted by molar-refractivity contribution is 0.527. The number of nitrogens with one attached hydrogen (secondary N) is 1. The number of rotatable bonds is 6. The van der Waals surface area contributed by atoms with Gasteiger partial charge in [0.05, 0.1) is 0 Å². The van der Waals surface area contributed by atoms with Crippen molar-refractivity contribution in [3.8, 4) is 0 Å². The number of hydrogen-bond donors (Lipinski definition) is 1. The molecule has 1 aromatic rings. The van der Waals surface area contributed by atoms with Crippen molar-refractivity contribution >= 4 is 11.3 Å². The second kappa shape index (κ2) is 7.10. The van der Waals surface area contributed by atoms with Crippen molar-refractivity contribution in [2.45, 2.75) is 57.9 Å². The molecule has 18 heavy (non-hydrogen) atoms. The van der Waals surface area contributed by atoms with E-state index in [1.807, 2.05) is 6.08 Å². The monoisotopic (exact) mass is 263 g/mol. The molecule has 0 saturated heterocycles. The highest BCUT2D eigenvalue weighted by molar-refractivity contribution is 7.12. The summed E-state index contributed by atoms with van der Waals surface area (Å²) in [7, 11) is 0. The Labute approximate surface area is 115 Å². The van der Waals surface area contributed by atoms with Crippen LogP contribution in [0.2, 0.25) is 0 Å². The Morgan fingerprint density at radius 1 is 1.39 bits per heavy atom. The van der Waals surface area contributed by atoms with Crippen LogP contribution in [0.25, 0.3) is 0 Å². The Bertz CT molecular complexity index is 357. The summed E-state index contributed by atoms with van der Waals surface area (Å²) >= 11 is 2.05. The molecule has 1 atom stereocenters. The minimum absolute atomic E-state index is 0.532. The molecular formula is C16H25NS. The lowest BCUT2D eigenvalue weighted by Crippen LogP contribution is -2.19. The summed E-state index contributed by atoms with van der Waals surface area (Å²) in [5.74, 6) is 0. The van der Waals surface area contributed by atoms with Gasteiger partial charge in [-0.3, -0.25) is 0 Å². The first kappa shape index (κ1) is 13.8. The maximum absolute atomic E-state index is 3.84. The van der Waals surface area contributed by atoms with Crippen molar-refractivity contribution in [3.63, 3.8) is 0 Å². The molecule has 0 amide bonds. The lowest BCUT2D eigenvalue weighted by Gasteiger charge is -2.15. The number of fused-ring (bicyclic) bond motifs is 1.